The fourth-order valence-electron chi connectivity index (χ4n) is 4.65. The molecular formula is C20H28N4O2S. The van der Waals surface area contributed by atoms with Crippen LogP contribution in [0.25, 0.3) is 11.4 Å². The van der Waals surface area contributed by atoms with E-state index < -0.39 is 9.84 Å². The predicted octanol–water partition coefficient (Wildman–Crippen LogP) is 2.87. The van der Waals surface area contributed by atoms with E-state index in [0.717, 1.165) is 69.0 Å². The molecule has 146 valence electrons. The zero-order valence-corrected chi connectivity index (χ0v) is 16.7. The zero-order chi connectivity index (χ0) is 18.9. The summed E-state index contributed by atoms with van der Waals surface area (Å²) in [6.45, 7) is 2.85. The van der Waals surface area contributed by atoms with E-state index in [1.807, 2.05) is 30.3 Å². The molecule has 1 saturated carbocycles. The maximum Gasteiger partial charge on any atom is 0.181 e. The molecule has 7 heteroatoms. The van der Waals surface area contributed by atoms with E-state index in [2.05, 4.69) is 15.1 Å². The maximum atomic E-state index is 11.9. The van der Waals surface area contributed by atoms with E-state index in [-0.39, 0.29) is 5.41 Å². The molecule has 2 heterocycles. The van der Waals surface area contributed by atoms with Gasteiger partial charge in [-0.1, -0.05) is 36.8 Å². The van der Waals surface area contributed by atoms with Gasteiger partial charge in [-0.25, -0.2) is 13.4 Å². The van der Waals surface area contributed by atoms with Gasteiger partial charge in [0.05, 0.1) is 5.75 Å². The second kappa shape index (κ2) is 7.36. The Bertz CT molecular complexity index is 874. The first-order chi connectivity index (χ1) is 12.9. The summed E-state index contributed by atoms with van der Waals surface area (Å²) in [7, 11) is -2.94. The molecule has 1 aromatic heterocycles. The molecule has 1 N–H and O–H groups in total. The molecule has 0 bridgehead atoms. The summed E-state index contributed by atoms with van der Waals surface area (Å²) in [5.74, 6) is 2.35. The Morgan fingerprint density at radius 1 is 1.22 bits per heavy atom. The standard InChI is InChI=1S/C20H28N4O2S/c1-27(25,26)15-20(10-6-11-20)14-24-12-5-9-17(13-24)19-21-18(22-23-19)16-7-3-2-4-8-16/h2-4,7-8,17H,5-6,9-15H2,1H3,(H,21,22,23). The Morgan fingerprint density at radius 3 is 2.67 bits per heavy atom. The van der Waals surface area contributed by atoms with Gasteiger partial charge >= 0.3 is 0 Å². The first-order valence-electron chi connectivity index (χ1n) is 9.80. The highest BCUT2D eigenvalue weighted by Crippen LogP contribution is 2.43. The van der Waals surface area contributed by atoms with Crippen molar-refractivity contribution in [1.29, 1.82) is 0 Å². The van der Waals surface area contributed by atoms with E-state index in [0.29, 0.717) is 11.7 Å². The smallest absolute Gasteiger partial charge is 0.181 e. The number of hydrogen-bond acceptors (Lipinski definition) is 5. The molecular weight excluding hydrogens is 360 g/mol. The van der Waals surface area contributed by atoms with Crippen molar-refractivity contribution in [3.05, 3.63) is 36.2 Å². The molecule has 4 rings (SSSR count). The van der Waals surface area contributed by atoms with Crippen molar-refractivity contribution in [1.82, 2.24) is 20.1 Å². The molecule has 0 spiro atoms. The lowest BCUT2D eigenvalue weighted by molar-refractivity contribution is 0.0708. The van der Waals surface area contributed by atoms with Gasteiger partial charge in [-0.15, -0.1) is 0 Å². The molecule has 6 nitrogen and oxygen atoms in total. The number of benzene rings is 1. The highest BCUT2D eigenvalue weighted by Gasteiger charge is 2.42. The van der Waals surface area contributed by atoms with Crippen LogP contribution in [0.1, 0.15) is 43.8 Å². The average Bonchev–Trinajstić information content (AvgIpc) is 3.10. The summed E-state index contributed by atoms with van der Waals surface area (Å²) in [5.41, 5.74) is 0.987. The number of aromatic nitrogens is 3. The third-order valence-electron chi connectivity index (χ3n) is 5.97. The Kier molecular flexibility index (Phi) is 5.07. The van der Waals surface area contributed by atoms with Crippen LogP contribution >= 0.6 is 0 Å². The number of likely N-dealkylation sites (tertiary alicyclic amines) is 1. The lowest BCUT2D eigenvalue weighted by Gasteiger charge is -2.46. The summed E-state index contributed by atoms with van der Waals surface area (Å²) >= 11 is 0. The van der Waals surface area contributed by atoms with Gasteiger partial charge in [0.1, 0.15) is 15.7 Å². The topological polar surface area (TPSA) is 79.0 Å². The van der Waals surface area contributed by atoms with E-state index in [4.69, 9.17) is 4.98 Å². The maximum absolute atomic E-state index is 11.9. The number of hydrogen-bond donors (Lipinski definition) is 1. The second-order valence-corrected chi connectivity index (χ2v) is 10.5. The van der Waals surface area contributed by atoms with Crippen LogP contribution in [0.2, 0.25) is 0 Å². The lowest BCUT2D eigenvalue weighted by atomic mass is 9.69. The van der Waals surface area contributed by atoms with Crippen LogP contribution in [0, 0.1) is 5.41 Å². The number of rotatable bonds is 6. The van der Waals surface area contributed by atoms with Crippen molar-refractivity contribution in [3.63, 3.8) is 0 Å². The van der Waals surface area contributed by atoms with Gasteiger partial charge in [0.15, 0.2) is 5.82 Å². The summed E-state index contributed by atoms with van der Waals surface area (Å²) in [6.07, 6.45) is 6.78. The van der Waals surface area contributed by atoms with Crippen LogP contribution in [0.15, 0.2) is 30.3 Å². The molecule has 1 atom stereocenters. The second-order valence-electron chi connectivity index (χ2n) is 8.41. The number of H-pyrrole nitrogens is 1. The summed E-state index contributed by atoms with van der Waals surface area (Å²) in [4.78, 5) is 7.19. The van der Waals surface area contributed by atoms with E-state index >= 15 is 0 Å². The molecule has 2 fully saturated rings. The molecule has 2 aromatic rings. The monoisotopic (exact) mass is 388 g/mol. The first-order valence-corrected chi connectivity index (χ1v) is 11.9. The first kappa shape index (κ1) is 18.6. The molecule has 0 amide bonds. The molecule has 1 saturated heterocycles. The highest BCUT2D eigenvalue weighted by molar-refractivity contribution is 7.90. The summed E-state index contributed by atoms with van der Waals surface area (Å²) < 4.78 is 23.7. The van der Waals surface area contributed by atoms with E-state index in [1.165, 1.54) is 6.26 Å². The number of piperidine rings is 1. The molecule has 27 heavy (non-hydrogen) atoms. The van der Waals surface area contributed by atoms with Gasteiger partial charge in [-0.2, -0.15) is 5.10 Å². The van der Waals surface area contributed by atoms with Crippen LogP contribution in [-0.4, -0.2) is 60.1 Å². The van der Waals surface area contributed by atoms with Crippen LogP contribution in [0.5, 0.6) is 0 Å². The van der Waals surface area contributed by atoms with Crippen molar-refractivity contribution in [3.8, 4) is 11.4 Å². The Labute approximate surface area is 161 Å². The minimum absolute atomic E-state index is 0.0356. The SMILES string of the molecule is CS(=O)(=O)CC1(CN2CCCC(c3nc(-c4ccccc4)n[nH]3)C2)CCC1. The van der Waals surface area contributed by atoms with Crippen molar-refractivity contribution >= 4 is 9.84 Å². The minimum Gasteiger partial charge on any atom is -0.302 e. The molecule has 1 aromatic carbocycles. The average molecular weight is 389 g/mol. The van der Waals surface area contributed by atoms with Gasteiger partial charge in [0.2, 0.25) is 0 Å². The van der Waals surface area contributed by atoms with Crippen LogP contribution in [0.4, 0.5) is 0 Å². The fourth-order valence-corrected chi connectivity index (χ4v) is 6.14. The van der Waals surface area contributed by atoms with Crippen molar-refractivity contribution < 1.29 is 8.42 Å². The van der Waals surface area contributed by atoms with E-state index in [1.54, 1.807) is 0 Å². The lowest BCUT2D eigenvalue weighted by Crippen LogP contribution is -2.49. The van der Waals surface area contributed by atoms with Gasteiger partial charge in [-0.05, 0) is 37.6 Å². The highest BCUT2D eigenvalue weighted by atomic mass is 32.2. The number of sulfone groups is 1. The normalized spacial score (nSPS) is 23.1. The zero-order valence-electron chi connectivity index (χ0n) is 15.9. The molecule has 1 unspecified atom stereocenters. The summed E-state index contributed by atoms with van der Waals surface area (Å²) in [6, 6.07) is 10.0. The van der Waals surface area contributed by atoms with Gasteiger partial charge in [0, 0.05) is 30.8 Å². The van der Waals surface area contributed by atoms with Crippen LogP contribution in [-0.2, 0) is 9.84 Å². The van der Waals surface area contributed by atoms with Crippen LogP contribution in [0.3, 0.4) is 0 Å². The number of nitrogens with one attached hydrogen (secondary N) is 1. The fraction of sp³-hybridized carbons (Fsp3) is 0.600. The Balaban J connectivity index is 1.43. The van der Waals surface area contributed by atoms with Crippen molar-refractivity contribution in [2.45, 2.75) is 38.0 Å². The van der Waals surface area contributed by atoms with Crippen molar-refractivity contribution in [2.75, 3.05) is 31.6 Å². The predicted molar refractivity (Wildman–Crippen MR) is 106 cm³/mol. The van der Waals surface area contributed by atoms with Gasteiger partial charge in [0.25, 0.3) is 0 Å². The molecule has 1 aliphatic heterocycles. The van der Waals surface area contributed by atoms with Gasteiger partial charge < -0.3 is 4.90 Å². The molecule has 1 aliphatic carbocycles. The largest absolute Gasteiger partial charge is 0.302 e. The minimum atomic E-state index is -2.94. The number of aromatic amines is 1. The quantitative estimate of drug-likeness (QED) is 0.823. The Morgan fingerprint density at radius 2 is 2.00 bits per heavy atom. The third-order valence-corrected chi connectivity index (χ3v) is 7.11. The Hall–Kier alpha value is -1.73. The van der Waals surface area contributed by atoms with Gasteiger partial charge in [-0.3, -0.25) is 5.10 Å². The third kappa shape index (κ3) is 4.41. The van der Waals surface area contributed by atoms with Crippen molar-refractivity contribution in [2.24, 2.45) is 5.41 Å². The number of nitrogens with zero attached hydrogens (tertiary/aromatic N) is 3. The van der Waals surface area contributed by atoms with Crippen LogP contribution < -0.4 is 0 Å². The molecule has 2 aliphatic rings. The molecule has 0 radical (unpaired) electrons. The summed E-state index contributed by atoms with van der Waals surface area (Å²) in [5, 5.41) is 7.54. The van der Waals surface area contributed by atoms with E-state index in [9.17, 15) is 8.42 Å².